The van der Waals surface area contributed by atoms with Crippen LogP contribution in [0.5, 0.6) is 0 Å². The van der Waals surface area contributed by atoms with Gasteiger partial charge in [0.05, 0.1) is 6.10 Å². The van der Waals surface area contributed by atoms with Gasteiger partial charge in [-0.15, -0.1) is 0 Å². The van der Waals surface area contributed by atoms with E-state index in [4.69, 9.17) is 17.3 Å². The summed E-state index contributed by atoms with van der Waals surface area (Å²) < 4.78 is 0. The van der Waals surface area contributed by atoms with Crippen LogP contribution in [0.3, 0.4) is 0 Å². The molecule has 0 spiro atoms. The molecule has 3 heteroatoms. The summed E-state index contributed by atoms with van der Waals surface area (Å²) >= 11 is 5.93. The molecule has 82 valence electrons. The molecule has 1 aromatic carbocycles. The Morgan fingerprint density at radius 3 is 2.73 bits per heavy atom. The van der Waals surface area contributed by atoms with Crippen molar-refractivity contribution in [2.45, 2.75) is 37.8 Å². The van der Waals surface area contributed by atoms with Gasteiger partial charge in [0.2, 0.25) is 0 Å². The molecule has 0 bridgehead atoms. The lowest BCUT2D eigenvalue weighted by molar-refractivity contribution is 0.134. The maximum Gasteiger partial charge on any atom is 0.0759 e. The predicted octanol–water partition coefficient (Wildman–Crippen LogP) is 2.04. The highest BCUT2D eigenvalue weighted by molar-refractivity contribution is 6.31. The van der Waals surface area contributed by atoms with Gasteiger partial charge in [-0.05, 0) is 37.0 Å². The van der Waals surface area contributed by atoms with Gasteiger partial charge >= 0.3 is 0 Å². The van der Waals surface area contributed by atoms with Gasteiger partial charge < -0.3 is 10.8 Å². The SMILES string of the molecule is Cc1cc(CC(O)C2(N)CC2)ccc1Cl. The molecule has 1 saturated carbocycles. The maximum atomic E-state index is 9.90. The van der Waals surface area contributed by atoms with E-state index in [0.29, 0.717) is 6.42 Å². The van der Waals surface area contributed by atoms with Crippen molar-refractivity contribution in [1.29, 1.82) is 0 Å². The number of rotatable bonds is 3. The lowest BCUT2D eigenvalue weighted by Crippen LogP contribution is -2.38. The number of nitrogens with two attached hydrogens (primary N) is 1. The van der Waals surface area contributed by atoms with Crippen LogP contribution in [0.4, 0.5) is 0 Å². The Morgan fingerprint density at radius 1 is 1.53 bits per heavy atom. The molecular weight excluding hydrogens is 210 g/mol. The zero-order chi connectivity index (χ0) is 11.1. The number of aliphatic hydroxyl groups excluding tert-OH is 1. The second-order valence-electron chi connectivity index (χ2n) is 4.54. The van der Waals surface area contributed by atoms with Crippen LogP contribution in [0.1, 0.15) is 24.0 Å². The van der Waals surface area contributed by atoms with Crippen LogP contribution < -0.4 is 5.73 Å². The van der Waals surface area contributed by atoms with Crippen molar-refractivity contribution in [3.63, 3.8) is 0 Å². The van der Waals surface area contributed by atoms with Gasteiger partial charge in [0.15, 0.2) is 0 Å². The monoisotopic (exact) mass is 225 g/mol. The van der Waals surface area contributed by atoms with Crippen LogP contribution in [-0.4, -0.2) is 16.7 Å². The Labute approximate surface area is 95.1 Å². The second-order valence-corrected chi connectivity index (χ2v) is 4.94. The van der Waals surface area contributed by atoms with Crippen LogP contribution in [-0.2, 0) is 6.42 Å². The molecule has 0 heterocycles. The number of hydrogen-bond donors (Lipinski definition) is 2. The van der Waals surface area contributed by atoms with E-state index in [0.717, 1.165) is 29.0 Å². The summed E-state index contributed by atoms with van der Waals surface area (Å²) in [4.78, 5) is 0. The number of halogens is 1. The number of hydrogen-bond acceptors (Lipinski definition) is 2. The first-order chi connectivity index (χ1) is 7.01. The lowest BCUT2D eigenvalue weighted by atomic mass is 10.00. The van der Waals surface area contributed by atoms with E-state index in [2.05, 4.69) is 0 Å². The average Bonchev–Trinajstić information content (AvgIpc) is 2.92. The molecule has 0 aromatic heterocycles. The van der Waals surface area contributed by atoms with E-state index in [9.17, 15) is 5.11 Å². The van der Waals surface area contributed by atoms with Crippen LogP contribution in [0.15, 0.2) is 18.2 Å². The van der Waals surface area contributed by atoms with Gasteiger partial charge in [-0.2, -0.15) is 0 Å². The molecule has 1 fully saturated rings. The highest BCUT2D eigenvalue weighted by atomic mass is 35.5. The quantitative estimate of drug-likeness (QED) is 0.827. The maximum absolute atomic E-state index is 9.90. The predicted molar refractivity (Wildman–Crippen MR) is 62.1 cm³/mol. The summed E-state index contributed by atoms with van der Waals surface area (Å²) in [5.74, 6) is 0. The minimum atomic E-state index is -0.432. The summed E-state index contributed by atoms with van der Waals surface area (Å²) in [7, 11) is 0. The Kier molecular flexibility index (Phi) is 2.75. The summed E-state index contributed by atoms with van der Waals surface area (Å²) in [5.41, 5.74) is 7.75. The fourth-order valence-electron chi connectivity index (χ4n) is 1.74. The summed E-state index contributed by atoms with van der Waals surface area (Å²) in [6.07, 6.45) is 2.05. The van der Waals surface area contributed by atoms with Crippen molar-refractivity contribution in [1.82, 2.24) is 0 Å². The second kappa shape index (κ2) is 3.78. The number of aliphatic hydroxyl groups is 1. The fraction of sp³-hybridized carbons (Fsp3) is 0.500. The normalized spacial score (nSPS) is 20.0. The van der Waals surface area contributed by atoms with Crippen molar-refractivity contribution >= 4 is 11.6 Å². The lowest BCUT2D eigenvalue weighted by Gasteiger charge is -2.17. The molecule has 1 atom stereocenters. The first kappa shape index (κ1) is 10.9. The third kappa shape index (κ3) is 2.33. The molecule has 0 amide bonds. The topological polar surface area (TPSA) is 46.2 Å². The molecule has 15 heavy (non-hydrogen) atoms. The van der Waals surface area contributed by atoms with Gasteiger partial charge in [-0.25, -0.2) is 0 Å². The summed E-state index contributed by atoms with van der Waals surface area (Å²) in [6, 6.07) is 5.83. The Bertz CT molecular complexity index is 374. The Hall–Kier alpha value is -0.570. The van der Waals surface area contributed by atoms with Gasteiger partial charge in [0.25, 0.3) is 0 Å². The van der Waals surface area contributed by atoms with Gasteiger partial charge in [-0.1, -0.05) is 23.7 Å². The van der Waals surface area contributed by atoms with Crippen molar-refractivity contribution < 1.29 is 5.11 Å². The Balaban J connectivity index is 2.07. The van der Waals surface area contributed by atoms with E-state index >= 15 is 0 Å². The largest absolute Gasteiger partial charge is 0.391 e. The first-order valence-corrected chi connectivity index (χ1v) is 5.61. The molecular formula is C12H16ClNO. The zero-order valence-corrected chi connectivity index (χ0v) is 9.59. The molecule has 3 N–H and O–H groups in total. The minimum absolute atomic E-state index is 0.326. The third-order valence-electron chi connectivity index (χ3n) is 3.14. The van der Waals surface area contributed by atoms with Crippen molar-refractivity contribution in [3.8, 4) is 0 Å². The van der Waals surface area contributed by atoms with Crippen LogP contribution >= 0.6 is 11.6 Å². The minimum Gasteiger partial charge on any atom is -0.391 e. The van der Waals surface area contributed by atoms with Crippen molar-refractivity contribution in [2.75, 3.05) is 0 Å². The third-order valence-corrected chi connectivity index (χ3v) is 3.57. The molecule has 2 rings (SSSR count). The van der Waals surface area contributed by atoms with Crippen molar-refractivity contribution in [2.24, 2.45) is 5.73 Å². The van der Waals surface area contributed by atoms with Crippen LogP contribution in [0.2, 0.25) is 5.02 Å². The van der Waals surface area contributed by atoms with Gasteiger partial charge in [0, 0.05) is 17.0 Å². The molecule has 2 nitrogen and oxygen atoms in total. The average molecular weight is 226 g/mol. The molecule has 0 radical (unpaired) electrons. The number of benzene rings is 1. The summed E-state index contributed by atoms with van der Waals surface area (Å²) in [5, 5.41) is 10.7. The molecule has 1 aliphatic rings. The van der Waals surface area contributed by atoms with Gasteiger partial charge in [-0.3, -0.25) is 0 Å². The van der Waals surface area contributed by atoms with Gasteiger partial charge in [0.1, 0.15) is 0 Å². The highest BCUT2D eigenvalue weighted by Crippen LogP contribution is 2.37. The van der Waals surface area contributed by atoms with Crippen LogP contribution in [0.25, 0.3) is 0 Å². The first-order valence-electron chi connectivity index (χ1n) is 5.23. The van der Waals surface area contributed by atoms with Crippen LogP contribution in [0, 0.1) is 6.92 Å². The Morgan fingerprint density at radius 2 is 2.20 bits per heavy atom. The smallest absolute Gasteiger partial charge is 0.0759 e. The standard InChI is InChI=1S/C12H16ClNO/c1-8-6-9(2-3-10(8)13)7-11(15)12(14)4-5-12/h2-3,6,11,15H,4-5,7,14H2,1H3. The molecule has 1 aromatic rings. The molecule has 0 saturated heterocycles. The fourth-order valence-corrected chi connectivity index (χ4v) is 1.86. The van der Waals surface area contributed by atoms with E-state index < -0.39 is 6.10 Å². The highest BCUT2D eigenvalue weighted by Gasteiger charge is 2.44. The van der Waals surface area contributed by atoms with Crippen molar-refractivity contribution in [3.05, 3.63) is 34.3 Å². The molecule has 0 aliphatic heterocycles. The molecule has 1 aliphatic carbocycles. The molecule has 1 unspecified atom stereocenters. The van der Waals surface area contributed by atoms with E-state index in [1.54, 1.807) is 0 Å². The number of aryl methyl sites for hydroxylation is 1. The van der Waals surface area contributed by atoms with E-state index in [1.165, 1.54) is 0 Å². The zero-order valence-electron chi connectivity index (χ0n) is 8.83. The summed E-state index contributed by atoms with van der Waals surface area (Å²) in [6.45, 7) is 1.97. The van der Waals surface area contributed by atoms with E-state index in [1.807, 2.05) is 25.1 Å². The van der Waals surface area contributed by atoms with E-state index in [-0.39, 0.29) is 5.54 Å².